The van der Waals surface area contributed by atoms with Gasteiger partial charge in [-0.15, -0.1) is 11.8 Å². The van der Waals surface area contributed by atoms with Crippen molar-refractivity contribution in [3.05, 3.63) is 17.1 Å². The first kappa shape index (κ1) is 9.00. The molecule has 0 saturated carbocycles. The Morgan fingerprint density at radius 2 is 1.92 bits per heavy atom. The topological polar surface area (TPSA) is 25.8 Å². The van der Waals surface area contributed by atoms with E-state index in [2.05, 4.69) is 16.2 Å². The zero-order chi connectivity index (χ0) is 9.26. The normalized spacial score (nSPS) is 15.5. The molecule has 1 aliphatic rings. The van der Waals surface area contributed by atoms with E-state index in [1.165, 1.54) is 35.5 Å². The van der Waals surface area contributed by atoms with Crippen molar-refractivity contribution in [3.8, 4) is 0 Å². The van der Waals surface area contributed by atoms with Gasteiger partial charge in [-0.05, 0) is 38.9 Å². The minimum Gasteiger partial charge on any atom is -0.238 e. The smallest absolute Gasteiger partial charge is 0.126 e. The molecule has 0 amide bonds. The van der Waals surface area contributed by atoms with Gasteiger partial charge in [0.15, 0.2) is 0 Å². The molecule has 1 aliphatic carbocycles. The fraction of sp³-hybridized carbons (Fsp3) is 0.600. The highest BCUT2D eigenvalue weighted by Crippen LogP contribution is 2.26. The van der Waals surface area contributed by atoms with E-state index < -0.39 is 0 Å². The highest BCUT2D eigenvalue weighted by atomic mass is 32.2. The van der Waals surface area contributed by atoms with Crippen LogP contribution in [0.5, 0.6) is 0 Å². The second-order valence-electron chi connectivity index (χ2n) is 3.41. The van der Waals surface area contributed by atoms with Crippen LogP contribution in [0.15, 0.2) is 5.03 Å². The molecule has 0 bridgehead atoms. The molecule has 3 heteroatoms. The van der Waals surface area contributed by atoms with Crippen molar-refractivity contribution in [2.24, 2.45) is 0 Å². The number of aromatic nitrogens is 2. The Morgan fingerprint density at radius 3 is 2.69 bits per heavy atom. The van der Waals surface area contributed by atoms with Crippen LogP contribution in [-0.4, -0.2) is 16.2 Å². The maximum Gasteiger partial charge on any atom is 0.126 e. The highest BCUT2D eigenvalue weighted by molar-refractivity contribution is 7.98. The second-order valence-corrected chi connectivity index (χ2v) is 4.21. The van der Waals surface area contributed by atoms with Crippen LogP contribution in [0.2, 0.25) is 0 Å². The minimum absolute atomic E-state index is 0.921. The van der Waals surface area contributed by atoms with Crippen molar-refractivity contribution in [3.63, 3.8) is 0 Å². The summed E-state index contributed by atoms with van der Waals surface area (Å²) in [4.78, 5) is 8.95. The molecule has 0 spiro atoms. The van der Waals surface area contributed by atoms with Gasteiger partial charge in [-0.3, -0.25) is 0 Å². The summed E-state index contributed by atoms with van der Waals surface area (Å²) < 4.78 is 0. The van der Waals surface area contributed by atoms with Crippen LogP contribution in [0.1, 0.15) is 29.9 Å². The van der Waals surface area contributed by atoms with E-state index in [4.69, 9.17) is 0 Å². The average molecular weight is 194 g/mol. The maximum atomic E-state index is 4.50. The molecule has 2 nitrogen and oxygen atoms in total. The highest BCUT2D eigenvalue weighted by Gasteiger charge is 2.15. The lowest BCUT2D eigenvalue weighted by Gasteiger charge is -2.17. The largest absolute Gasteiger partial charge is 0.238 e. The van der Waals surface area contributed by atoms with E-state index in [1.54, 1.807) is 11.8 Å². The summed E-state index contributed by atoms with van der Waals surface area (Å²) >= 11 is 1.75. The van der Waals surface area contributed by atoms with E-state index in [9.17, 15) is 0 Å². The van der Waals surface area contributed by atoms with E-state index in [1.807, 2.05) is 6.92 Å². The summed E-state index contributed by atoms with van der Waals surface area (Å²) in [5, 5.41) is 1.20. The van der Waals surface area contributed by atoms with Crippen LogP contribution in [0.25, 0.3) is 0 Å². The Hall–Kier alpha value is -0.570. The van der Waals surface area contributed by atoms with Crippen molar-refractivity contribution < 1.29 is 0 Å². The zero-order valence-electron chi connectivity index (χ0n) is 8.13. The van der Waals surface area contributed by atoms with Crippen molar-refractivity contribution in [1.82, 2.24) is 9.97 Å². The molecule has 0 unspecified atom stereocenters. The Labute approximate surface area is 83.2 Å². The third-order valence-electron chi connectivity index (χ3n) is 2.45. The van der Waals surface area contributed by atoms with E-state index in [-0.39, 0.29) is 0 Å². The summed E-state index contributed by atoms with van der Waals surface area (Å²) in [7, 11) is 0. The first-order chi connectivity index (χ1) is 6.31. The molecule has 0 aliphatic heterocycles. The van der Waals surface area contributed by atoms with E-state index in [0.29, 0.717) is 0 Å². The van der Waals surface area contributed by atoms with Gasteiger partial charge in [0.2, 0.25) is 0 Å². The lowest BCUT2D eigenvalue weighted by molar-refractivity contribution is 0.640. The molecule has 0 aromatic carbocycles. The Morgan fingerprint density at radius 1 is 1.15 bits per heavy atom. The lowest BCUT2D eigenvalue weighted by atomic mass is 9.97. The van der Waals surface area contributed by atoms with Gasteiger partial charge in [0.05, 0.1) is 0 Å². The molecular formula is C10H14N2S. The number of hydrogen-bond donors (Lipinski definition) is 0. The predicted octanol–water partition coefficient (Wildman–Crippen LogP) is 2.39. The number of rotatable bonds is 1. The molecule has 1 aromatic heterocycles. The number of aryl methyl sites for hydroxylation is 2. The summed E-state index contributed by atoms with van der Waals surface area (Å²) in [6.45, 7) is 1.98. The Kier molecular flexibility index (Phi) is 2.54. The van der Waals surface area contributed by atoms with Gasteiger partial charge < -0.3 is 0 Å². The third-order valence-corrected chi connectivity index (χ3v) is 3.17. The molecule has 0 N–H and O–H groups in total. The van der Waals surface area contributed by atoms with Gasteiger partial charge in [0.25, 0.3) is 0 Å². The van der Waals surface area contributed by atoms with E-state index >= 15 is 0 Å². The van der Waals surface area contributed by atoms with Crippen LogP contribution in [0.3, 0.4) is 0 Å². The summed E-state index contributed by atoms with van der Waals surface area (Å²) in [5.41, 5.74) is 2.70. The standard InChI is InChI=1S/C10H14N2S/c1-7-11-9-6-4-3-5-8(9)10(12-7)13-2/h3-6H2,1-2H3. The summed E-state index contributed by atoms with van der Waals surface area (Å²) in [6, 6.07) is 0. The monoisotopic (exact) mass is 194 g/mol. The average Bonchev–Trinajstić information content (AvgIpc) is 2.16. The zero-order valence-corrected chi connectivity index (χ0v) is 8.95. The van der Waals surface area contributed by atoms with Crippen molar-refractivity contribution in [2.45, 2.75) is 37.6 Å². The quantitative estimate of drug-likeness (QED) is 0.507. The molecular weight excluding hydrogens is 180 g/mol. The molecule has 0 radical (unpaired) electrons. The predicted molar refractivity (Wildman–Crippen MR) is 55.2 cm³/mol. The van der Waals surface area contributed by atoms with Gasteiger partial charge >= 0.3 is 0 Å². The molecule has 13 heavy (non-hydrogen) atoms. The number of thioether (sulfide) groups is 1. The van der Waals surface area contributed by atoms with Crippen LogP contribution in [0, 0.1) is 6.92 Å². The van der Waals surface area contributed by atoms with Crippen molar-refractivity contribution in [1.29, 1.82) is 0 Å². The lowest BCUT2D eigenvalue weighted by Crippen LogP contribution is -2.09. The van der Waals surface area contributed by atoms with Gasteiger partial charge in [0.1, 0.15) is 10.9 Å². The third kappa shape index (κ3) is 1.70. The van der Waals surface area contributed by atoms with Crippen molar-refractivity contribution >= 4 is 11.8 Å². The summed E-state index contributed by atoms with van der Waals surface area (Å²) in [6.07, 6.45) is 7.00. The Bertz CT molecular complexity index is 306. The first-order valence-electron chi connectivity index (χ1n) is 4.71. The number of nitrogens with zero attached hydrogens (tertiary/aromatic N) is 2. The second kappa shape index (κ2) is 3.66. The van der Waals surface area contributed by atoms with Crippen LogP contribution in [-0.2, 0) is 12.8 Å². The van der Waals surface area contributed by atoms with Crippen LogP contribution < -0.4 is 0 Å². The van der Waals surface area contributed by atoms with Gasteiger partial charge in [-0.2, -0.15) is 0 Å². The molecule has 1 heterocycles. The summed E-state index contributed by atoms with van der Waals surface area (Å²) in [5.74, 6) is 0.921. The van der Waals surface area contributed by atoms with Crippen LogP contribution in [0.4, 0.5) is 0 Å². The molecule has 70 valence electrons. The maximum absolute atomic E-state index is 4.50. The van der Waals surface area contributed by atoms with Crippen LogP contribution >= 0.6 is 11.8 Å². The molecule has 0 saturated heterocycles. The molecule has 0 fully saturated rings. The number of fused-ring (bicyclic) bond motifs is 1. The van der Waals surface area contributed by atoms with Crippen molar-refractivity contribution in [2.75, 3.05) is 6.26 Å². The van der Waals surface area contributed by atoms with Gasteiger partial charge in [-0.25, -0.2) is 9.97 Å². The molecule has 1 aromatic rings. The number of hydrogen-bond acceptors (Lipinski definition) is 3. The molecule has 2 rings (SSSR count). The first-order valence-corrected chi connectivity index (χ1v) is 5.94. The fourth-order valence-corrected chi connectivity index (χ4v) is 2.54. The SMILES string of the molecule is CSc1nc(C)nc2c1CCCC2. The van der Waals surface area contributed by atoms with E-state index in [0.717, 1.165) is 12.2 Å². The molecule has 0 atom stereocenters. The Balaban J connectivity index is 2.50. The van der Waals surface area contributed by atoms with Gasteiger partial charge in [0, 0.05) is 11.3 Å². The minimum atomic E-state index is 0.921. The fourth-order valence-electron chi connectivity index (χ4n) is 1.85. The van der Waals surface area contributed by atoms with Gasteiger partial charge in [-0.1, -0.05) is 0 Å².